The maximum absolute atomic E-state index is 12.5. The highest BCUT2D eigenvalue weighted by Gasteiger charge is 2.27. The van der Waals surface area contributed by atoms with Gasteiger partial charge in [-0.05, 0) is 19.8 Å². The van der Waals surface area contributed by atoms with Gasteiger partial charge >= 0.3 is 0 Å². The lowest BCUT2D eigenvalue weighted by atomic mass is 10.3. The van der Waals surface area contributed by atoms with Crippen molar-refractivity contribution in [3.63, 3.8) is 0 Å². The van der Waals surface area contributed by atoms with E-state index in [0.717, 1.165) is 49.9 Å². The van der Waals surface area contributed by atoms with E-state index in [1.54, 1.807) is 22.8 Å². The van der Waals surface area contributed by atoms with E-state index in [0.29, 0.717) is 13.1 Å². The molecule has 1 amide bonds. The number of hydrogen-bond acceptors (Lipinski definition) is 4. The summed E-state index contributed by atoms with van der Waals surface area (Å²) in [5.41, 5.74) is 0.847. The number of aromatic nitrogens is 4. The molecule has 1 N–H and O–H groups in total. The molecule has 1 fully saturated rings. The SMILES string of the molecule is CN=C(NCCCCn1ccnc1C)N1CCN(c2cnn(C)c2)C(=O)C1.I. The van der Waals surface area contributed by atoms with Gasteiger partial charge in [-0.3, -0.25) is 14.5 Å². The van der Waals surface area contributed by atoms with Gasteiger partial charge in [0.05, 0.1) is 11.9 Å². The van der Waals surface area contributed by atoms with Crippen LogP contribution < -0.4 is 10.2 Å². The van der Waals surface area contributed by atoms with Gasteiger partial charge in [0.25, 0.3) is 0 Å². The second-order valence-electron chi connectivity index (χ2n) is 6.69. The van der Waals surface area contributed by atoms with Crippen LogP contribution in [0.1, 0.15) is 18.7 Å². The summed E-state index contributed by atoms with van der Waals surface area (Å²) in [6.45, 7) is 5.51. The van der Waals surface area contributed by atoms with Crippen molar-refractivity contribution in [1.82, 2.24) is 29.5 Å². The Morgan fingerprint density at radius 3 is 2.75 bits per heavy atom. The lowest BCUT2D eigenvalue weighted by molar-refractivity contribution is -0.120. The van der Waals surface area contributed by atoms with Gasteiger partial charge in [0.2, 0.25) is 5.91 Å². The minimum atomic E-state index is 0. The van der Waals surface area contributed by atoms with Crippen LogP contribution in [0.25, 0.3) is 0 Å². The van der Waals surface area contributed by atoms with Crippen molar-refractivity contribution in [1.29, 1.82) is 0 Å². The molecule has 1 saturated heterocycles. The van der Waals surface area contributed by atoms with Crippen molar-refractivity contribution in [2.24, 2.45) is 12.0 Å². The maximum atomic E-state index is 12.5. The van der Waals surface area contributed by atoms with Crippen molar-refractivity contribution >= 4 is 41.5 Å². The van der Waals surface area contributed by atoms with Crippen LogP contribution in [0, 0.1) is 6.92 Å². The zero-order valence-electron chi connectivity index (χ0n) is 16.7. The number of aliphatic imine (C=N–C) groups is 1. The molecule has 154 valence electrons. The fourth-order valence-corrected chi connectivity index (χ4v) is 3.25. The number of unbranched alkanes of at least 4 members (excludes halogenated alkanes) is 1. The Morgan fingerprint density at radius 1 is 1.32 bits per heavy atom. The summed E-state index contributed by atoms with van der Waals surface area (Å²) in [6.07, 6.45) is 9.52. The van der Waals surface area contributed by atoms with E-state index in [2.05, 4.69) is 25.0 Å². The maximum Gasteiger partial charge on any atom is 0.246 e. The van der Waals surface area contributed by atoms with Crippen molar-refractivity contribution < 1.29 is 4.79 Å². The first-order chi connectivity index (χ1) is 13.1. The molecule has 10 heteroatoms. The first kappa shape index (κ1) is 22.2. The number of hydrogen-bond donors (Lipinski definition) is 1. The molecule has 0 aromatic carbocycles. The van der Waals surface area contributed by atoms with E-state index in [1.807, 2.05) is 37.5 Å². The fourth-order valence-electron chi connectivity index (χ4n) is 3.25. The number of halogens is 1. The van der Waals surface area contributed by atoms with Crippen molar-refractivity contribution in [3.05, 3.63) is 30.6 Å². The number of anilines is 1. The quantitative estimate of drug-likeness (QED) is 0.280. The van der Waals surface area contributed by atoms with Gasteiger partial charge in [-0.15, -0.1) is 24.0 Å². The first-order valence-electron chi connectivity index (χ1n) is 9.31. The van der Waals surface area contributed by atoms with Crippen LogP contribution in [0.5, 0.6) is 0 Å². The summed E-state index contributed by atoms with van der Waals surface area (Å²) in [5.74, 6) is 1.89. The molecule has 2 aromatic rings. The minimum absolute atomic E-state index is 0. The number of nitrogens with one attached hydrogen (secondary N) is 1. The first-order valence-corrected chi connectivity index (χ1v) is 9.31. The summed E-state index contributed by atoms with van der Waals surface area (Å²) < 4.78 is 3.87. The molecule has 0 saturated carbocycles. The number of piperazine rings is 1. The monoisotopic (exact) mass is 500 g/mol. The average molecular weight is 500 g/mol. The van der Waals surface area contributed by atoms with E-state index in [9.17, 15) is 4.79 Å². The standard InChI is InChI=1S/C18H28N8O.HI/c1-15-20-7-9-24(15)8-5-4-6-21-18(19-2)25-10-11-26(17(27)14-25)16-12-22-23(3)13-16;/h7,9,12-13H,4-6,8,10-11,14H2,1-3H3,(H,19,21);1H. The normalized spacial score (nSPS) is 15.0. The molecule has 0 bridgehead atoms. The predicted molar refractivity (Wildman–Crippen MR) is 120 cm³/mol. The number of imidazole rings is 1. The van der Waals surface area contributed by atoms with Gasteiger partial charge < -0.3 is 19.7 Å². The second kappa shape index (κ2) is 10.4. The topological polar surface area (TPSA) is 83.6 Å². The zero-order chi connectivity index (χ0) is 19.2. The number of aryl methyl sites for hydroxylation is 3. The van der Waals surface area contributed by atoms with E-state index in [1.165, 1.54) is 0 Å². The van der Waals surface area contributed by atoms with Crippen LogP contribution >= 0.6 is 24.0 Å². The molecule has 28 heavy (non-hydrogen) atoms. The Bertz CT molecular complexity index is 799. The van der Waals surface area contributed by atoms with E-state index >= 15 is 0 Å². The summed E-state index contributed by atoms with van der Waals surface area (Å²) >= 11 is 0. The highest BCUT2D eigenvalue weighted by atomic mass is 127. The predicted octanol–water partition coefficient (Wildman–Crippen LogP) is 1.25. The Labute approximate surface area is 182 Å². The third kappa shape index (κ3) is 5.46. The molecule has 0 atom stereocenters. The summed E-state index contributed by atoms with van der Waals surface area (Å²) in [7, 11) is 3.61. The van der Waals surface area contributed by atoms with Crippen molar-refractivity contribution in [2.45, 2.75) is 26.3 Å². The minimum Gasteiger partial charge on any atom is -0.356 e. The molecule has 1 aliphatic rings. The molecule has 3 heterocycles. The molecule has 0 spiro atoms. The largest absolute Gasteiger partial charge is 0.356 e. The molecule has 0 radical (unpaired) electrons. The third-order valence-corrected chi connectivity index (χ3v) is 4.77. The molecular weight excluding hydrogens is 471 g/mol. The average Bonchev–Trinajstić information content (AvgIpc) is 3.26. The van der Waals surface area contributed by atoms with E-state index < -0.39 is 0 Å². The Hall–Kier alpha value is -2.11. The Morgan fingerprint density at radius 2 is 2.14 bits per heavy atom. The highest BCUT2D eigenvalue weighted by Crippen LogP contribution is 2.16. The van der Waals surface area contributed by atoms with Crippen LogP contribution in [0.2, 0.25) is 0 Å². The van der Waals surface area contributed by atoms with Crippen LogP contribution in [0.15, 0.2) is 29.8 Å². The summed E-state index contributed by atoms with van der Waals surface area (Å²) in [6, 6.07) is 0. The smallest absolute Gasteiger partial charge is 0.246 e. The summed E-state index contributed by atoms with van der Waals surface area (Å²) in [4.78, 5) is 24.9. The van der Waals surface area contributed by atoms with Gasteiger partial charge in [-0.25, -0.2) is 4.98 Å². The van der Waals surface area contributed by atoms with Crippen LogP contribution in [0.4, 0.5) is 5.69 Å². The van der Waals surface area contributed by atoms with Gasteiger partial charge in [0, 0.05) is 58.9 Å². The Balaban J connectivity index is 0.00000280. The third-order valence-electron chi connectivity index (χ3n) is 4.77. The number of guanidine groups is 1. The summed E-state index contributed by atoms with van der Waals surface area (Å²) in [5, 5.41) is 7.52. The van der Waals surface area contributed by atoms with Crippen molar-refractivity contribution in [2.75, 3.05) is 38.1 Å². The van der Waals surface area contributed by atoms with Crippen LogP contribution in [0.3, 0.4) is 0 Å². The number of carbonyl (C=O) groups is 1. The van der Waals surface area contributed by atoms with Gasteiger partial charge in [0.1, 0.15) is 12.4 Å². The molecule has 9 nitrogen and oxygen atoms in total. The number of carbonyl (C=O) groups excluding carboxylic acids is 1. The fraction of sp³-hybridized carbons (Fsp3) is 0.556. The molecule has 0 aliphatic carbocycles. The lowest BCUT2D eigenvalue weighted by Crippen LogP contribution is -2.55. The highest BCUT2D eigenvalue weighted by molar-refractivity contribution is 14.0. The molecule has 3 rings (SSSR count). The molecule has 2 aromatic heterocycles. The number of nitrogens with zero attached hydrogens (tertiary/aromatic N) is 7. The number of rotatable bonds is 6. The van der Waals surface area contributed by atoms with Crippen molar-refractivity contribution in [3.8, 4) is 0 Å². The second-order valence-corrected chi connectivity index (χ2v) is 6.69. The molecule has 1 aliphatic heterocycles. The van der Waals surface area contributed by atoms with Gasteiger partial charge in [-0.2, -0.15) is 5.10 Å². The Kier molecular flexibility index (Phi) is 8.27. The van der Waals surface area contributed by atoms with Gasteiger partial charge in [-0.1, -0.05) is 0 Å². The van der Waals surface area contributed by atoms with Crippen LogP contribution in [-0.2, 0) is 18.4 Å². The van der Waals surface area contributed by atoms with E-state index in [-0.39, 0.29) is 29.9 Å². The molecule has 0 unspecified atom stereocenters. The lowest BCUT2D eigenvalue weighted by Gasteiger charge is -2.35. The molecular formula is C18H29IN8O. The van der Waals surface area contributed by atoms with E-state index in [4.69, 9.17) is 0 Å². The van der Waals surface area contributed by atoms with Crippen LogP contribution in [-0.4, -0.2) is 69.3 Å². The van der Waals surface area contributed by atoms with Gasteiger partial charge in [0.15, 0.2) is 5.96 Å². The number of amides is 1. The zero-order valence-corrected chi connectivity index (χ0v) is 19.0.